The highest BCUT2D eigenvalue weighted by atomic mass is 16.6. The molecule has 1 aliphatic rings. The maximum absolute atomic E-state index is 13.3. The largest absolute Gasteiger partial charge is 0.493 e. The molecule has 1 aromatic heterocycles. The Kier molecular flexibility index (Phi) is 7.69. The van der Waals surface area contributed by atoms with Crippen LogP contribution in [0.3, 0.4) is 0 Å². The van der Waals surface area contributed by atoms with Gasteiger partial charge in [0, 0.05) is 42.5 Å². The molecule has 1 fully saturated rings. The third-order valence-corrected chi connectivity index (χ3v) is 5.92. The zero-order valence-corrected chi connectivity index (χ0v) is 20.3. The average molecular weight is 498 g/mol. The van der Waals surface area contributed by atoms with Crippen LogP contribution < -0.4 is 14.2 Å². The third-order valence-electron chi connectivity index (χ3n) is 5.92. The van der Waals surface area contributed by atoms with Gasteiger partial charge >= 0.3 is 0 Å². The van der Waals surface area contributed by atoms with Gasteiger partial charge in [0.25, 0.3) is 11.6 Å². The Labute approximate surface area is 207 Å². The summed E-state index contributed by atoms with van der Waals surface area (Å²) >= 11 is 0. The molecule has 2 aromatic carbocycles. The summed E-state index contributed by atoms with van der Waals surface area (Å²) < 4.78 is 27.5. The number of methoxy groups -OCH3 is 3. The summed E-state index contributed by atoms with van der Waals surface area (Å²) in [6, 6.07) is 10.8. The number of benzene rings is 2. The second-order valence-corrected chi connectivity index (χ2v) is 8.22. The summed E-state index contributed by atoms with van der Waals surface area (Å²) in [5.41, 5.74) is 1.46. The molecule has 0 aliphatic carbocycles. The molecule has 3 aromatic rings. The van der Waals surface area contributed by atoms with Crippen LogP contribution in [-0.2, 0) is 11.3 Å². The molecule has 1 aliphatic heterocycles. The second-order valence-electron chi connectivity index (χ2n) is 8.22. The molecule has 0 N–H and O–H groups in total. The molecule has 11 heteroatoms. The summed E-state index contributed by atoms with van der Waals surface area (Å²) in [4.78, 5) is 25.4. The van der Waals surface area contributed by atoms with Gasteiger partial charge in [0.05, 0.1) is 38.9 Å². The van der Waals surface area contributed by atoms with Crippen LogP contribution in [0.25, 0.3) is 11.3 Å². The first-order valence-corrected chi connectivity index (χ1v) is 11.3. The molecule has 1 amide bonds. The summed E-state index contributed by atoms with van der Waals surface area (Å²) in [5, 5.41) is 15.1. The van der Waals surface area contributed by atoms with Gasteiger partial charge in [-0.2, -0.15) is 0 Å². The molecule has 190 valence electrons. The van der Waals surface area contributed by atoms with E-state index in [0.29, 0.717) is 53.0 Å². The number of nitro benzene ring substituents is 1. The normalized spacial score (nSPS) is 14.9. The number of hydrogen-bond acceptors (Lipinski definition) is 9. The van der Waals surface area contributed by atoms with Crippen LogP contribution in [0.4, 0.5) is 5.69 Å². The molecule has 1 saturated heterocycles. The van der Waals surface area contributed by atoms with Crippen molar-refractivity contribution < 1.29 is 33.2 Å². The van der Waals surface area contributed by atoms with Crippen molar-refractivity contribution in [3.63, 3.8) is 0 Å². The van der Waals surface area contributed by atoms with Gasteiger partial charge in [-0.1, -0.05) is 5.16 Å². The summed E-state index contributed by atoms with van der Waals surface area (Å²) in [7, 11) is 4.58. The summed E-state index contributed by atoms with van der Waals surface area (Å²) in [6.07, 6.45) is 1.69. The van der Waals surface area contributed by atoms with Gasteiger partial charge in [0.1, 0.15) is 5.69 Å². The molecule has 11 nitrogen and oxygen atoms in total. The van der Waals surface area contributed by atoms with E-state index in [-0.39, 0.29) is 24.2 Å². The van der Waals surface area contributed by atoms with Gasteiger partial charge in [-0.3, -0.25) is 14.9 Å². The van der Waals surface area contributed by atoms with Crippen molar-refractivity contribution in [2.75, 3.05) is 34.5 Å². The topological polar surface area (TPSA) is 126 Å². The molecule has 2 heterocycles. The fourth-order valence-electron chi connectivity index (χ4n) is 4.10. The van der Waals surface area contributed by atoms with Crippen LogP contribution in [0.2, 0.25) is 0 Å². The molecule has 0 saturated carbocycles. The molecule has 1 atom stereocenters. The van der Waals surface area contributed by atoms with E-state index in [4.69, 9.17) is 23.5 Å². The van der Waals surface area contributed by atoms with Crippen molar-refractivity contribution in [3.8, 4) is 28.6 Å². The standard InChI is InChI=1S/C25H27N3O8/c1-32-22-11-17(12-23(33-2)24(22)34-3)21-13-18(26-36-21)14-27(15-20-5-4-10-35-20)25(29)16-6-8-19(9-7-16)28(30)31/h6-9,11-13,20H,4-5,10,14-15H2,1-3H3. The van der Waals surface area contributed by atoms with Gasteiger partial charge in [0.2, 0.25) is 5.75 Å². The Morgan fingerprint density at radius 1 is 1.11 bits per heavy atom. The van der Waals surface area contributed by atoms with E-state index >= 15 is 0 Å². The van der Waals surface area contributed by atoms with E-state index in [1.54, 1.807) is 23.1 Å². The number of nitrogens with zero attached hydrogens (tertiary/aromatic N) is 3. The van der Waals surface area contributed by atoms with Crippen LogP contribution >= 0.6 is 0 Å². The molecular weight excluding hydrogens is 470 g/mol. The molecule has 1 unspecified atom stereocenters. The highest BCUT2D eigenvalue weighted by Gasteiger charge is 2.25. The highest BCUT2D eigenvalue weighted by Crippen LogP contribution is 2.41. The van der Waals surface area contributed by atoms with Gasteiger partial charge in [-0.25, -0.2) is 0 Å². The summed E-state index contributed by atoms with van der Waals surface area (Å²) in [5.74, 6) is 1.58. The lowest BCUT2D eigenvalue weighted by atomic mass is 10.1. The minimum absolute atomic E-state index is 0.0799. The van der Waals surface area contributed by atoms with E-state index in [1.807, 2.05) is 0 Å². The van der Waals surface area contributed by atoms with Crippen LogP contribution in [0, 0.1) is 10.1 Å². The fraction of sp³-hybridized carbons (Fsp3) is 0.360. The lowest BCUT2D eigenvalue weighted by Crippen LogP contribution is -2.37. The molecule has 4 rings (SSSR count). The van der Waals surface area contributed by atoms with Crippen molar-refractivity contribution in [1.82, 2.24) is 10.1 Å². The number of carbonyl (C=O) groups excluding carboxylic acids is 1. The number of hydrogen-bond donors (Lipinski definition) is 0. The first-order chi connectivity index (χ1) is 17.4. The minimum Gasteiger partial charge on any atom is -0.493 e. The van der Waals surface area contributed by atoms with E-state index in [9.17, 15) is 14.9 Å². The number of ether oxygens (including phenoxy) is 4. The van der Waals surface area contributed by atoms with Crippen molar-refractivity contribution in [2.24, 2.45) is 0 Å². The SMILES string of the molecule is COc1cc(-c2cc(CN(CC3CCCO3)C(=O)c3ccc([N+](=O)[O-])cc3)no2)cc(OC)c1OC. The maximum Gasteiger partial charge on any atom is 0.269 e. The highest BCUT2D eigenvalue weighted by molar-refractivity contribution is 5.94. The first kappa shape index (κ1) is 25.0. The average Bonchev–Trinajstić information content (AvgIpc) is 3.59. The number of nitro groups is 1. The lowest BCUT2D eigenvalue weighted by molar-refractivity contribution is -0.384. The zero-order valence-electron chi connectivity index (χ0n) is 20.3. The predicted molar refractivity (Wildman–Crippen MR) is 128 cm³/mol. The lowest BCUT2D eigenvalue weighted by Gasteiger charge is -2.24. The summed E-state index contributed by atoms with van der Waals surface area (Å²) in [6.45, 7) is 1.19. The maximum atomic E-state index is 13.3. The van der Waals surface area contributed by atoms with Gasteiger partial charge < -0.3 is 28.4 Å². The number of rotatable bonds is 10. The quantitative estimate of drug-likeness (QED) is 0.300. The zero-order chi connectivity index (χ0) is 25.7. The Morgan fingerprint density at radius 2 is 1.81 bits per heavy atom. The molecule has 0 radical (unpaired) electrons. The van der Waals surface area contributed by atoms with Gasteiger partial charge in [-0.15, -0.1) is 0 Å². The second kappa shape index (κ2) is 11.1. The van der Waals surface area contributed by atoms with E-state index in [0.717, 1.165) is 12.8 Å². The van der Waals surface area contributed by atoms with Crippen LogP contribution in [0.1, 0.15) is 28.9 Å². The van der Waals surface area contributed by atoms with Crippen LogP contribution in [0.5, 0.6) is 17.2 Å². The first-order valence-electron chi connectivity index (χ1n) is 11.3. The number of amides is 1. The van der Waals surface area contributed by atoms with Crippen molar-refractivity contribution >= 4 is 11.6 Å². The molecule has 0 spiro atoms. The molecule has 36 heavy (non-hydrogen) atoms. The van der Waals surface area contributed by atoms with E-state index < -0.39 is 4.92 Å². The number of carbonyl (C=O) groups is 1. The van der Waals surface area contributed by atoms with Gasteiger partial charge in [0.15, 0.2) is 17.3 Å². The number of aromatic nitrogens is 1. The molecule has 0 bridgehead atoms. The van der Waals surface area contributed by atoms with Crippen LogP contribution in [-0.4, -0.2) is 61.5 Å². The number of non-ortho nitro benzene ring substituents is 1. The Hall–Kier alpha value is -4.12. The van der Waals surface area contributed by atoms with Crippen LogP contribution in [0.15, 0.2) is 47.0 Å². The van der Waals surface area contributed by atoms with Gasteiger partial charge in [-0.05, 0) is 37.1 Å². The third kappa shape index (κ3) is 5.41. The Balaban J connectivity index is 1.59. The molecular formula is C25H27N3O8. The fourth-order valence-corrected chi connectivity index (χ4v) is 4.10. The van der Waals surface area contributed by atoms with E-state index in [1.165, 1.54) is 45.6 Å². The Bertz CT molecular complexity index is 1190. The predicted octanol–water partition coefficient (Wildman–Crippen LogP) is 4.10. The monoisotopic (exact) mass is 497 g/mol. The van der Waals surface area contributed by atoms with Crippen molar-refractivity contribution in [2.45, 2.75) is 25.5 Å². The smallest absolute Gasteiger partial charge is 0.269 e. The Morgan fingerprint density at radius 3 is 2.36 bits per heavy atom. The van der Waals surface area contributed by atoms with E-state index in [2.05, 4.69) is 5.16 Å². The van der Waals surface area contributed by atoms with Crippen molar-refractivity contribution in [3.05, 3.63) is 63.8 Å². The van der Waals surface area contributed by atoms with Crippen molar-refractivity contribution in [1.29, 1.82) is 0 Å². The minimum atomic E-state index is -0.502.